The Morgan fingerprint density at radius 2 is 1.71 bits per heavy atom. The lowest BCUT2D eigenvalue weighted by Gasteiger charge is -2.35. The first-order valence-electron chi connectivity index (χ1n) is 11.2. The molecule has 1 aliphatic heterocycles. The number of rotatable bonds is 4. The molecule has 0 saturated carbocycles. The molecule has 0 atom stereocenters. The number of benzene rings is 3. The molecule has 2 heterocycles. The fourth-order valence-corrected chi connectivity index (χ4v) is 4.29. The Morgan fingerprint density at radius 1 is 0.941 bits per heavy atom. The van der Waals surface area contributed by atoms with Crippen LogP contribution in [-0.2, 0) is 6.42 Å². The second-order valence-electron chi connectivity index (χ2n) is 8.30. The van der Waals surface area contributed by atoms with Crippen molar-refractivity contribution in [1.82, 2.24) is 14.9 Å². The summed E-state index contributed by atoms with van der Waals surface area (Å²) in [6, 6.07) is 24.9. The molecule has 4 aromatic rings. The van der Waals surface area contributed by atoms with Gasteiger partial charge in [-0.2, -0.15) is 5.26 Å². The molecule has 3 aromatic carbocycles. The Bertz CT molecular complexity index is 1440. The van der Waals surface area contributed by atoms with Crippen molar-refractivity contribution in [2.45, 2.75) is 6.42 Å². The first kappa shape index (κ1) is 21.4. The maximum Gasteiger partial charge on any atom is 0.260 e. The number of nitriles is 1. The van der Waals surface area contributed by atoms with Gasteiger partial charge in [0.2, 0.25) is 5.95 Å². The third-order valence-electron chi connectivity index (χ3n) is 6.14. The molecule has 168 valence electrons. The van der Waals surface area contributed by atoms with Crippen LogP contribution in [0.5, 0.6) is 0 Å². The van der Waals surface area contributed by atoms with Crippen LogP contribution in [0, 0.1) is 11.3 Å². The van der Waals surface area contributed by atoms with E-state index in [-0.39, 0.29) is 11.5 Å². The highest BCUT2D eigenvalue weighted by molar-refractivity contribution is 5.95. The van der Waals surface area contributed by atoms with E-state index in [1.54, 1.807) is 6.07 Å². The van der Waals surface area contributed by atoms with Gasteiger partial charge in [-0.3, -0.25) is 14.6 Å². The maximum absolute atomic E-state index is 13.1. The third-order valence-corrected chi connectivity index (χ3v) is 6.14. The first-order valence-corrected chi connectivity index (χ1v) is 11.2. The fraction of sp³-hybridized carbons (Fsp3) is 0.185. The number of piperazine rings is 1. The number of hydrogen-bond donors (Lipinski definition) is 1. The maximum atomic E-state index is 13.1. The minimum absolute atomic E-state index is 0.00982. The molecule has 1 aromatic heterocycles. The van der Waals surface area contributed by atoms with Crippen LogP contribution >= 0.6 is 0 Å². The zero-order chi connectivity index (χ0) is 23.5. The van der Waals surface area contributed by atoms with Gasteiger partial charge in [0, 0.05) is 31.7 Å². The molecule has 1 fully saturated rings. The van der Waals surface area contributed by atoms with Crippen LogP contribution in [-0.4, -0.2) is 47.0 Å². The smallest absolute Gasteiger partial charge is 0.260 e. The van der Waals surface area contributed by atoms with E-state index in [4.69, 9.17) is 5.26 Å². The topological polar surface area (TPSA) is 93.1 Å². The molecular formula is C27H23N5O2. The number of H-pyrrole nitrogens is 1. The van der Waals surface area contributed by atoms with Gasteiger partial charge in [-0.1, -0.05) is 48.5 Å². The van der Waals surface area contributed by atoms with Crippen molar-refractivity contribution in [2.24, 2.45) is 0 Å². The number of para-hydroxylation sites is 1. The summed E-state index contributed by atoms with van der Waals surface area (Å²) in [4.78, 5) is 36.7. The number of nitrogens with zero attached hydrogens (tertiary/aromatic N) is 4. The van der Waals surface area contributed by atoms with Crippen molar-refractivity contribution in [2.75, 3.05) is 31.1 Å². The van der Waals surface area contributed by atoms with Crippen molar-refractivity contribution in [1.29, 1.82) is 5.26 Å². The van der Waals surface area contributed by atoms with Crippen molar-refractivity contribution >= 4 is 22.8 Å². The van der Waals surface area contributed by atoms with Gasteiger partial charge in [0.05, 0.1) is 23.4 Å². The van der Waals surface area contributed by atoms with E-state index in [0.29, 0.717) is 55.0 Å². The zero-order valence-corrected chi connectivity index (χ0v) is 18.6. The Labute approximate surface area is 196 Å². The molecular weight excluding hydrogens is 426 g/mol. The van der Waals surface area contributed by atoms with E-state index in [2.05, 4.69) is 16.0 Å². The number of hydrogen-bond acceptors (Lipinski definition) is 5. The highest BCUT2D eigenvalue weighted by atomic mass is 16.2. The summed E-state index contributed by atoms with van der Waals surface area (Å²) in [6.07, 6.45) is 0.374. The predicted octanol–water partition coefficient (Wildman–Crippen LogP) is 3.62. The van der Waals surface area contributed by atoms with E-state index in [9.17, 15) is 9.59 Å². The van der Waals surface area contributed by atoms with Crippen molar-refractivity contribution in [3.63, 3.8) is 0 Å². The summed E-state index contributed by atoms with van der Waals surface area (Å²) in [6.45, 7) is 2.29. The van der Waals surface area contributed by atoms with Crippen molar-refractivity contribution in [3.05, 3.63) is 94.3 Å². The van der Waals surface area contributed by atoms with Gasteiger partial charge in [-0.25, -0.2) is 4.98 Å². The summed E-state index contributed by atoms with van der Waals surface area (Å²) in [5, 5.41) is 9.49. The van der Waals surface area contributed by atoms with Crippen molar-refractivity contribution in [3.8, 4) is 17.2 Å². The van der Waals surface area contributed by atoms with Crippen LogP contribution in [0.3, 0.4) is 0 Å². The molecule has 5 rings (SSSR count). The quantitative estimate of drug-likeness (QED) is 0.514. The molecule has 1 aliphatic rings. The summed E-state index contributed by atoms with van der Waals surface area (Å²) >= 11 is 0. The predicted molar refractivity (Wildman–Crippen MR) is 132 cm³/mol. The van der Waals surface area contributed by atoms with Gasteiger partial charge < -0.3 is 9.80 Å². The van der Waals surface area contributed by atoms with E-state index >= 15 is 0 Å². The lowest BCUT2D eigenvalue weighted by atomic mass is 10.0. The molecule has 7 nitrogen and oxygen atoms in total. The standard InChI is InChI=1S/C27H23N5O2/c28-13-12-19-4-3-5-22(18-19)20-8-10-21(11-9-20)26(34)31-14-16-32(17-15-31)27-29-24-7-2-1-6-23(24)25(33)30-27/h1-11,18H,12,14-17H2,(H,29,30,33). The Hall–Kier alpha value is -4.44. The number of nitrogens with one attached hydrogen (secondary N) is 1. The summed E-state index contributed by atoms with van der Waals surface area (Å²) in [5.41, 5.74) is 4.16. The number of carbonyl (C=O) groups excluding carboxylic acids is 1. The molecule has 1 amide bonds. The Kier molecular flexibility index (Phi) is 5.79. The van der Waals surface area contributed by atoms with Gasteiger partial charge in [-0.15, -0.1) is 0 Å². The van der Waals surface area contributed by atoms with Crippen LogP contribution in [0.1, 0.15) is 15.9 Å². The van der Waals surface area contributed by atoms with E-state index in [0.717, 1.165) is 16.7 Å². The fourth-order valence-electron chi connectivity index (χ4n) is 4.29. The summed E-state index contributed by atoms with van der Waals surface area (Å²) < 4.78 is 0. The molecule has 0 spiro atoms. The van der Waals surface area contributed by atoms with Crippen LogP contribution in [0.2, 0.25) is 0 Å². The van der Waals surface area contributed by atoms with Crippen LogP contribution in [0.15, 0.2) is 77.6 Å². The number of aromatic amines is 1. The molecule has 0 unspecified atom stereocenters. The Balaban J connectivity index is 1.26. The molecule has 1 N–H and O–H groups in total. The zero-order valence-electron chi connectivity index (χ0n) is 18.6. The summed E-state index contributed by atoms with van der Waals surface area (Å²) in [7, 11) is 0. The molecule has 0 radical (unpaired) electrons. The van der Waals surface area contributed by atoms with Crippen LogP contribution in [0.25, 0.3) is 22.0 Å². The SMILES string of the molecule is N#CCc1cccc(-c2ccc(C(=O)N3CCN(c4nc5ccccc5c(=O)[nH]4)CC3)cc2)c1. The normalized spacial score (nSPS) is 13.6. The minimum atomic E-state index is -0.155. The van der Waals surface area contributed by atoms with Gasteiger partial charge in [-0.05, 0) is 41.0 Å². The van der Waals surface area contributed by atoms with Crippen LogP contribution in [0.4, 0.5) is 5.95 Å². The van der Waals surface area contributed by atoms with Crippen LogP contribution < -0.4 is 10.5 Å². The average molecular weight is 450 g/mol. The highest BCUT2D eigenvalue weighted by Crippen LogP contribution is 2.22. The minimum Gasteiger partial charge on any atom is -0.339 e. The molecule has 34 heavy (non-hydrogen) atoms. The number of fused-ring (bicyclic) bond motifs is 1. The monoisotopic (exact) mass is 449 g/mol. The lowest BCUT2D eigenvalue weighted by Crippen LogP contribution is -2.49. The Morgan fingerprint density at radius 3 is 2.47 bits per heavy atom. The number of carbonyl (C=O) groups is 1. The molecule has 0 aliphatic carbocycles. The third kappa shape index (κ3) is 4.26. The average Bonchev–Trinajstić information content (AvgIpc) is 2.89. The van der Waals surface area contributed by atoms with E-state index in [1.165, 1.54) is 0 Å². The van der Waals surface area contributed by atoms with Gasteiger partial charge in [0.15, 0.2) is 0 Å². The van der Waals surface area contributed by atoms with E-state index < -0.39 is 0 Å². The van der Waals surface area contributed by atoms with Gasteiger partial charge in [0.25, 0.3) is 11.5 Å². The molecule has 0 bridgehead atoms. The van der Waals surface area contributed by atoms with E-state index in [1.807, 2.05) is 76.5 Å². The number of anilines is 1. The largest absolute Gasteiger partial charge is 0.339 e. The lowest BCUT2D eigenvalue weighted by molar-refractivity contribution is 0.0746. The van der Waals surface area contributed by atoms with Gasteiger partial charge in [0.1, 0.15) is 0 Å². The van der Waals surface area contributed by atoms with Gasteiger partial charge >= 0.3 is 0 Å². The second-order valence-corrected chi connectivity index (χ2v) is 8.30. The second kappa shape index (κ2) is 9.20. The first-order chi connectivity index (χ1) is 16.6. The number of amides is 1. The highest BCUT2D eigenvalue weighted by Gasteiger charge is 2.23. The molecule has 7 heteroatoms. The summed E-state index contributed by atoms with van der Waals surface area (Å²) in [5.74, 6) is 0.531. The molecule has 1 saturated heterocycles. The van der Waals surface area contributed by atoms with Crippen molar-refractivity contribution < 1.29 is 4.79 Å². The number of aromatic nitrogens is 2.